The molecular formula is C17H27N3O3. The molecule has 0 saturated carbocycles. The first kappa shape index (κ1) is 17.2. The van der Waals surface area contributed by atoms with Crippen LogP contribution in [0.3, 0.4) is 0 Å². The first-order valence-electron chi connectivity index (χ1n) is 7.92. The van der Waals surface area contributed by atoms with Gasteiger partial charge in [0.05, 0.1) is 27.9 Å². The summed E-state index contributed by atoms with van der Waals surface area (Å²) < 4.78 is 16.0. The fourth-order valence-electron chi connectivity index (χ4n) is 2.90. The number of methoxy groups -OCH3 is 3. The zero-order valence-corrected chi connectivity index (χ0v) is 14.5. The fraction of sp³-hybridized carbons (Fsp3) is 0.588. The SMILES string of the molecule is COc1cc(CN=C(N)N2CCCC(C)C2)cc(OC)c1OC. The maximum absolute atomic E-state index is 6.14. The lowest BCUT2D eigenvalue weighted by Crippen LogP contribution is -2.43. The lowest BCUT2D eigenvalue weighted by atomic mass is 10.0. The highest BCUT2D eigenvalue weighted by Gasteiger charge is 2.18. The van der Waals surface area contributed by atoms with E-state index in [9.17, 15) is 0 Å². The third-order valence-electron chi connectivity index (χ3n) is 4.13. The standard InChI is InChI=1S/C17H27N3O3/c1-12-6-5-7-20(11-12)17(18)19-10-13-8-14(21-2)16(23-4)15(9-13)22-3/h8-9,12H,5-7,10-11H2,1-4H3,(H2,18,19). The van der Waals surface area contributed by atoms with Gasteiger partial charge in [0, 0.05) is 13.1 Å². The van der Waals surface area contributed by atoms with Crippen LogP contribution >= 0.6 is 0 Å². The van der Waals surface area contributed by atoms with E-state index in [1.807, 2.05) is 12.1 Å². The van der Waals surface area contributed by atoms with Crippen LogP contribution in [0.4, 0.5) is 0 Å². The maximum atomic E-state index is 6.14. The van der Waals surface area contributed by atoms with Crippen molar-refractivity contribution in [2.24, 2.45) is 16.6 Å². The summed E-state index contributed by atoms with van der Waals surface area (Å²) >= 11 is 0. The molecule has 1 aliphatic rings. The molecule has 1 atom stereocenters. The number of guanidine groups is 1. The van der Waals surface area contributed by atoms with Crippen LogP contribution in [0, 0.1) is 5.92 Å². The van der Waals surface area contributed by atoms with Gasteiger partial charge in [0.1, 0.15) is 0 Å². The van der Waals surface area contributed by atoms with Gasteiger partial charge in [0.25, 0.3) is 0 Å². The van der Waals surface area contributed by atoms with E-state index in [4.69, 9.17) is 19.9 Å². The average molecular weight is 321 g/mol. The Kier molecular flexibility index (Phi) is 5.96. The highest BCUT2D eigenvalue weighted by molar-refractivity contribution is 5.78. The fourth-order valence-corrected chi connectivity index (χ4v) is 2.90. The number of benzene rings is 1. The molecule has 1 heterocycles. The smallest absolute Gasteiger partial charge is 0.203 e. The minimum atomic E-state index is 0.480. The predicted molar refractivity (Wildman–Crippen MR) is 91.4 cm³/mol. The summed E-state index contributed by atoms with van der Waals surface area (Å²) in [6.45, 7) is 4.69. The van der Waals surface area contributed by atoms with Crippen molar-refractivity contribution in [1.29, 1.82) is 0 Å². The van der Waals surface area contributed by atoms with E-state index in [-0.39, 0.29) is 0 Å². The van der Waals surface area contributed by atoms with Crippen LogP contribution in [0.1, 0.15) is 25.3 Å². The summed E-state index contributed by atoms with van der Waals surface area (Å²) in [6, 6.07) is 3.80. The third-order valence-corrected chi connectivity index (χ3v) is 4.13. The number of hydrogen-bond acceptors (Lipinski definition) is 4. The van der Waals surface area contributed by atoms with Gasteiger partial charge in [-0.05, 0) is 36.5 Å². The Morgan fingerprint density at radius 2 is 1.87 bits per heavy atom. The van der Waals surface area contributed by atoms with E-state index >= 15 is 0 Å². The molecule has 1 unspecified atom stereocenters. The topological polar surface area (TPSA) is 69.3 Å². The molecular weight excluding hydrogens is 294 g/mol. The van der Waals surface area contributed by atoms with Crippen molar-refractivity contribution in [1.82, 2.24) is 4.90 Å². The molecule has 0 bridgehead atoms. The molecule has 6 heteroatoms. The Morgan fingerprint density at radius 3 is 2.39 bits per heavy atom. The summed E-state index contributed by atoms with van der Waals surface area (Å²) in [7, 11) is 4.80. The summed E-state index contributed by atoms with van der Waals surface area (Å²) in [6.07, 6.45) is 2.43. The lowest BCUT2D eigenvalue weighted by Gasteiger charge is -2.31. The number of nitrogens with two attached hydrogens (primary N) is 1. The minimum Gasteiger partial charge on any atom is -0.493 e. The van der Waals surface area contributed by atoms with Crippen molar-refractivity contribution in [3.05, 3.63) is 17.7 Å². The molecule has 2 N–H and O–H groups in total. The van der Waals surface area contributed by atoms with Crippen LogP contribution in [-0.2, 0) is 6.54 Å². The molecule has 23 heavy (non-hydrogen) atoms. The van der Waals surface area contributed by atoms with Gasteiger partial charge in [0.2, 0.25) is 5.75 Å². The molecule has 1 aliphatic heterocycles. The van der Waals surface area contributed by atoms with Gasteiger partial charge < -0.3 is 24.8 Å². The van der Waals surface area contributed by atoms with Crippen molar-refractivity contribution >= 4 is 5.96 Å². The Labute approximate surface area is 138 Å². The average Bonchev–Trinajstić information content (AvgIpc) is 2.58. The third kappa shape index (κ3) is 4.21. The van der Waals surface area contributed by atoms with E-state index < -0.39 is 0 Å². The summed E-state index contributed by atoms with van der Waals surface area (Å²) in [5, 5.41) is 0. The number of ether oxygens (including phenoxy) is 3. The van der Waals surface area contributed by atoms with Crippen LogP contribution in [0.25, 0.3) is 0 Å². The summed E-state index contributed by atoms with van der Waals surface area (Å²) in [4.78, 5) is 6.69. The largest absolute Gasteiger partial charge is 0.493 e. The van der Waals surface area contributed by atoms with Crippen molar-refractivity contribution < 1.29 is 14.2 Å². The van der Waals surface area contributed by atoms with Crippen LogP contribution < -0.4 is 19.9 Å². The molecule has 6 nitrogen and oxygen atoms in total. The molecule has 0 amide bonds. The molecule has 2 rings (SSSR count). The van der Waals surface area contributed by atoms with Crippen molar-refractivity contribution in [3.8, 4) is 17.2 Å². The van der Waals surface area contributed by atoms with Crippen LogP contribution in [0.15, 0.2) is 17.1 Å². The van der Waals surface area contributed by atoms with E-state index in [2.05, 4.69) is 16.8 Å². The second-order valence-electron chi connectivity index (χ2n) is 5.90. The van der Waals surface area contributed by atoms with E-state index in [1.54, 1.807) is 21.3 Å². The van der Waals surface area contributed by atoms with Gasteiger partial charge in [0.15, 0.2) is 17.5 Å². The van der Waals surface area contributed by atoms with Gasteiger partial charge in [-0.3, -0.25) is 0 Å². The van der Waals surface area contributed by atoms with E-state index in [0.717, 1.165) is 18.7 Å². The van der Waals surface area contributed by atoms with Crippen molar-refractivity contribution in [3.63, 3.8) is 0 Å². The van der Waals surface area contributed by atoms with Gasteiger partial charge in [-0.25, -0.2) is 4.99 Å². The Morgan fingerprint density at radius 1 is 1.22 bits per heavy atom. The predicted octanol–water partition coefficient (Wildman–Crippen LogP) is 2.26. The Hall–Kier alpha value is -2.11. The highest BCUT2D eigenvalue weighted by atomic mass is 16.5. The van der Waals surface area contributed by atoms with Crippen molar-refractivity contribution in [2.45, 2.75) is 26.3 Å². The lowest BCUT2D eigenvalue weighted by molar-refractivity contribution is 0.270. The quantitative estimate of drug-likeness (QED) is 0.665. The summed E-state index contributed by atoms with van der Waals surface area (Å²) in [5.41, 5.74) is 7.11. The van der Waals surface area contributed by atoms with Gasteiger partial charge in [-0.1, -0.05) is 6.92 Å². The van der Waals surface area contributed by atoms with E-state index in [1.165, 1.54) is 12.8 Å². The summed E-state index contributed by atoms with van der Waals surface area (Å²) in [5.74, 6) is 3.11. The molecule has 0 radical (unpaired) electrons. The number of aliphatic imine (C=N–C) groups is 1. The normalized spacial score (nSPS) is 18.7. The van der Waals surface area contributed by atoms with Crippen LogP contribution in [0.2, 0.25) is 0 Å². The van der Waals surface area contributed by atoms with Gasteiger partial charge in [-0.2, -0.15) is 0 Å². The first-order chi connectivity index (χ1) is 11.1. The first-order valence-corrected chi connectivity index (χ1v) is 7.92. The molecule has 1 aromatic carbocycles. The molecule has 0 spiro atoms. The molecule has 1 fully saturated rings. The number of rotatable bonds is 5. The molecule has 128 valence electrons. The van der Waals surface area contributed by atoms with Crippen LogP contribution in [-0.4, -0.2) is 45.3 Å². The Balaban J connectivity index is 2.14. The van der Waals surface area contributed by atoms with Gasteiger partial charge >= 0.3 is 0 Å². The number of likely N-dealkylation sites (tertiary alicyclic amines) is 1. The van der Waals surface area contributed by atoms with Gasteiger partial charge in [-0.15, -0.1) is 0 Å². The maximum Gasteiger partial charge on any atom is 0.203 e. The highest BCUT2D eigenvalue weighted by Crippen LogP contribution is 2.38. The Bertz CT molecular complexity index is 535. The molecule has 1 aromatic rings. The number of hydrogen-bond donors (Lipinski definition) is 1. The second kappa shape index (κ2) is 7.94. The zero-order chi connectivity index (χ0) is 16.8. The molecule has 1 saturated heterocycles. The monoisotopic (exact) mass is 321 g/mol. The van der Waals surface area contributed by atoms with Crippen molar-refractivity contribution in [2.75, 3.05) is 34.4 Å². The minimum absolute atomic E-state index is 0.480. The second-order valence-corrected chi connectivity index (χ2v) is 5.90. The molecule has 0 aromatic heterocycles. The van der Waals surface area contributed by atoms with E-state index in [0.29, 0.717) is 35.7 Å². The number of nitrogens with zero attached hydrogens (tertiary/aromatic N) is 2. The van der Waals surface area contributed by atoms with Crippen LogP contribution in [0.5, 0.6) is 17.2 Å². The molecule has 0 aliphatic carbocycles. The number of piperidine rings is 1. The zero-order valence-electron chi connectivity index (χ0n) is 14.5.